The Kier molecular flexibility index (Phi) is 7.14. The summed E-state index contributed by atoms with van der Waals surface area (Å²) in [5.41, 5.74) is 1.16. The molecule has 1 atom stereocenters. The largest absolute Gasteiger partial charge is 0.355 e. The summed E-state index contributed by atoms with van der Waals surface area (Å²) in [5, 5.41) is 0.827. The van der Waals surface area contributed by atoms with Crippen LogP contribution >= 0.6 is 15.9 Å². The molecule has 0 saturated heterocycles. The fourth-order valence-electron chi connectivity index (χ4n) is 1.36. The van der Waals surface area contributed by atoms with Crippen molar-refractivity contribution in [2.24, 2.45) is 0 Å². The molecule has 0 aliphatic heterocycles. The maximum Gasteiger partial charge on any atom is 0.147 e. The van der Waals surface area contributed by atoms with Gasteiger partial charge in [-0.15, -0.1) is 6.58 Å². The molecule has 0 radical (unpaired) electrons. The van der Waals surface area contributed by atoms with E-state index in [-0.39, 0.29) is 6.10 Å². The number of hydrogen-bond acceptors (Lipinski definition) is 2. The van der Waals surface area contributed by atoms with Crippen LogP contribution in [0, 0.1) is 0 Å². The Morgan fingerprint density at radius 2 is 2.06 bits per heavy atom. The van der Waals surface area contributed by atoms with E-state index in [9.17, 15) is 0 Å². The first-order valence-corrected chi connectivity index (χ1v) is 6.41. The molecule has 1 aromatic rings. The lowest BCUT2D eigenvalue weighted by Gasteiger charge is -2.16. The predicted octanol–water partition coefficient (Wildman–Crippen LogP) is 3.69. The minimum absolute atomic E-state index is 0.0361. The van der Waals surface area contributed by atoms with E-state index in [1.54, 1.807) is 0 Å². The van der Waals surface area contributed by atoms with Gasteiger partial charge in [0, 0.05) is 5.33 Å². The van der Waals surface area contributed by atoms with Gasteiger partial charge in [-0.3, -0.25) is 0 Å². The molecule has 1 aromatic carbocycles. The molecule has 0 bridgehead atoms. The Hall–Kier alpha value is -0.640. The predicted molar refractivity (Wildman–Crippen MR) is 69.7 cm³/mol. The lowest BCUT2D eigenvalue weighted by atomic mass is 10.1. The van der Waals surface area contributed by atoms with E-state index >= 15 is 0 Å². The van der Waals surface area contributed by atoms with E-state index in [1.165, 1.54) is 0 Å². The highest BCUT2D eigenvalue weighted by Gasteiger charge is 2.09. The summed E-state index contributed by atoms with van der Waals surface area (Å²) in [7, 11) is 0. The molecule has 0 amide bonds. The Morgan fingerprint density at radius 1 is 1.31 bits per heavy atom. The zero-order chi connectivity index (χ0) is 11.6. The van der Waals surface area contributed by atoms with Crippen molar-refractivity contribution in [1.29, 1.82) is 0 Å². The smallest absolute Gasteiger partial charge is 0.147 e. The number of hydrogen-bond donors (Lipinski definition) is 0. The van der Waals surface area contributed by atoms with Gasteiger partial charge in [-0.25, -0.2) is 0 Å². The van der Waals surface area contributed by atoms with Crippen molar-refractivity contribution in [2.45, 2.75) is 12.5 Å². The third-order valence-electron chi connectivity index (χ3n) is 2.13. The van der Waals surface area contributed by atoms with Crippen molar-refractivity contribution in [2.75, 3.05) is 18.7 Å². The van der Waals surface area contributed by atoms with Gasteiger partial charge in [-0.1, -0.05) is 52.3 Å². The molecule has 16 heavy (non-hydrogen) atoms. The second-order valence-electron chi connectivity index (χ2n) is 3.31. The maximum atomic E-state index is 5.66. The number of halogens is 1. The van der Waals surface area contributed by atoms with Crippen LogP contribution in [0.1, 0.15) is 18.1 Å². The van der Waals surface area contributed by atoms with Gasteiger partial charge in [0.1, 0.15) is 6.79 Å². The van der Waals surface area contributed by atoms with Crippen LogP contribution < -0.4 is 0 Å². The highest BCUT2D eigenvalue weighted by Crippen LogP contribution is 2.21. The quantitative estimate of drug-likeness (QED) is 0.314. The lowest BCUT2D eigenvalue weighted by molar-refractivity contribution is -0.0858. The molecule has 88 valence electrons. The summed E-state index contributed by atoms with van der Waals surface area (Å²) in [6, 6.07) is 10.1. The zero-order valence-electron chi connectivity index (χ0n) is 9.27. The average Bonchev–Trinajstić information content (AvgIpc) is 2.34. The van der Waals surface area contributed by atoms with Crippen molar-refractivity contribution in [3.8, 4) is 0 Å². The van der Waals surface area contributed by atoms with Crippen LogP contribution in [0.3, 0.4) is 0 Å². The van der Waals surface area contributed by atoms with Gasteiger partial charge in [0.25, 0.3) is 0 Å². The van der Waals surface area contributed by atoms with Crippen molar-refractivity contribution < 1.29 is 9.47 Å². The molecule has 0 aliphatic carbocycles. The fourth-order valence-corrected chi connectivity index (χ4v) is 1.59. The standard InChI is InChI=1S/C13H17BrO2/c1-2-6-13(16-11-15-10-9-14)12-7-4-3-5-8-12/h2-5,7-8,13H,1,6,9-11H2/t13-/m0/s1. The van der Waals surface area contributed by atoms with E-state index in [4.69, 9.17) is 9.47 Å². The number of benzene rings is 1. The Balaban J connectivity index is 2.44. The van der Waals surface area contributed by atoms with Crippen LogP contribution in [0.25, 0.3) is 0 Å². The van der Waals surface area contributed by atoms with Gasteiger partial charge in [0.15, 0.2) is 0 Å². The highest BCUT2D eigenvalue weighted by molar-refractivity contribution is 9.09. The highest BCUT2D eigenvalue weighted by atomic mass is 79.9. The van der Waals surface area contributed by atoms with Gasteiger partial charge in [-0.05, 0) is 12.0 Å². The molecule has 0 saturated carbocycles. The normalized spacial score (nSPS) is 12.3. The van der Waals surface area contributed by atoms with Crippen LogP contribution in [-0.4, -0.2) is 18.7 Å². The van der Waals surface area contributed by atoms with E-state index in [2.05, 4.69) is 34.6 Å². The zero-order valence-corrected chi connectivity index (χ0v) is 10.9. The summed E-state index contributed by atoms with van der Waals surface area (Å²) in [6.07, 6.45) is 2.69. The summed E-state index contributed by atoms with van der Waals surface area (Å²) in [5.74, 6) is 0. The topological polar surface area (TPSA) is 18.5 Å². The first-order valence-electron chi connectivity index (χ1n) is 5.29. The van der Waals surface area contributed by atoms with Crippen LogP contribution in [0.2, 0.25) is 0 Å². The maximum absolute atomic E-state index is 5.66. The molecular weight excluding hydrogens is 268 g/mol. The van der Waals surface area contributed by atoms with Crippen LogP contribution in [0.5, 0.6) is 0 Å². The summed E-state index contributed by atoms with van der Waals surface area (Å²) < 4.78 is 10.9. The SMILES string of the molecule is C=CC[C@H](OCOCCBr)c1ccccc1. The Labute approximate surface area is 105 Å². The number of rotatable bonds is 8. The lowest BCUT2D eigenvalue weighted by Crippen LogP contribution is -2.08. The van der Waals surface area contributed by atoms with Gasteiger partial charge in [0.05, 0.1) is 12.7 Å². The molecular formula is C13H17BrO2. The van der Waals surface area contributed by atoms with E-state index in [0.717, 1.165) is 17.3 Å². The number of ether oxygens (including phenoxy) is 2. The second-order valence-corrected chi connectivity index (χ2v) is 4.10. The van der Waals surface area contributed by atoms with Crippen LogP contribution in [0.15, 0.2) is 43.0 Å². The van der Waals surface area contributed by atoms with Gasteiger partial charge >= 0.3 is 0 Å². The molecule has 0 spiro atoms. The minimum Gasteiger partial charge on any atom is -0.355 e. The van der Waals surface area contributed by atoms with E-state index < -0.39 is 0 Å². The fraction of sp³-hybridized carbons (Fsp3) is 0.385. The average molecular weight is 285 g/mol. The summed E-state index contributed by atoms with van der Waals surface area (Å²) in [6.45, 7) is 4.72. The molecule has 0 heterocycles. The molecule has 0 N–H and O–H groups in total. The van der Waals surface area contributed by atoms with E-state index in [0.29, 0.717) is 13.4 Å². The van der Waals surface area contributed by atoms with Crippen LogP contribution in [-0.2, 0) is 9.47 Å². The number of alkyl halides is 1. The first kappa shape index (κ1) is 13.4. The molecule has 0 aromatic heterocycles. The molecule has 3 heteroatoms. The van der Waals surface area contributed by atoms with Gasteiger partial charge in [0.2, 0.25) is 0 Å². The molecule has 0 fully saturated rings. The summed E-state index contributed by atoms with van der Waals surface area (Å²) >= 11 is 3.30. The Morgan fingerprint density at radius 3 is 2.69 bits per heavy atom. The van der Waals surface area contributed by atoms with E-state index in [1.807, 2.05) is 24.3 Å². The van der Waals surface area contributed by atoms with Crippen molar-refractivity contribution >= 4 is 15.9 Å². The van der Waals surface area contributed by atoms with Gasteiger partial charge in [-0.2, -0.15) is 0 Å². The summed E-state index contributed by atoms with van der Waals surface area (Å²) in [4.78, 5) is 0. The van der Waals surface area contributed by atoms with Crippen molar-refractivity contribution in [3.63, 3.8) is 0 Å². The minimum atomic E-state index is 0.0361. The first-order chi connectivity index (χ1) is 7.88. The monoisotopic (exact) mass is 284 g/mol. The van der Waals surface area contributed by atoms with Crippen molar-refractivity contribution in [3.05, 3.63) is 48.6 Å². The third kappa shape index (κ3) is 4.92. The Bertz CT molecular complexity index is 287. The van der Waals surface area contributed by atoms with Crippen molar-refractivity contribution in [1.82, 2.24) is 0 Å². The second kappa shape index (κ2) is 8.50. The van der Waals surface area contributed by atoms with Crippen LogP contribution in [0.4, 0.5) is 0 Å². The third-order valence-corrected chi connectivity index (χ3v) is 2.45. The molecule has 0 aliphatic rings. The molecule has 0 unspecified atom stereocenters. The molecule has 1 rings (SSSR count). The van der Waals surface area contributed by atoms with Gasteiger partial charge < -0.3 is 9.47 Å². The molecule has 2 nitrogen and oxygen atoms in total.